The van der Waals surface area contributed by atoms with Gasteiger partial charge in [0.05, 0.1) is 35.4 Å². The number of aromatic nitrogens is 2. The Bertz CT molecular complexity index is 733. The number of nitrogens with zero attached hydrogens (tertiary/aromatic N) is 3. The molecule has 1 aliphatic heterocycles. The van der Waals surface area contributed by atoms with Gasteiger partial charge in [-0.3, -0.25) is 14.8 Å². The van der Waals surface area contributed by atoms with Crippen LogP contribution in [0.1, 0.15) is 38.1 Å². The summed E-state index contributed by atoms with van der Waals surface area (Å²) in [7, 11) is 0. The average Bonchev–Trinajstić information content (AvgIpc) is 3.30. The molecule has 0 unspecified atom stereocenters. The van der Waals surface area contributed by atoms with E-state index in [2.05, 4.69) is 16.9 Å². The summed E-state index contributed by atoms with van der Waals surface area (Å²) >= 11 is 1.69. The van der Waals surface area contributed by atoms with Crippen LogP contribution >= 0.6 is 11.8 Å². The zero-order valence-corrected chi connectivity index (χ0v) is 15.6. The van der Waals surface area contributed by atoms with Crippen LogP contribution < -0.4 is 0 Å². The van der Waals surface area contributed by atoms with Crippen molar-refractivity contribution in [3.05, 3.63) is 30.1 Å². The number of carbonyl (C=O) groups excluding carboxylic acids is 2. The fourth-order valence-electron chi connectivity index (χ4n) is 3.26. The maximum absolute atomic E-state index is 13.1. The quantitative estimate of drug-likeness (QED) is 0.420. The number of imidazole rings is 1. The Morgan fingerprint density at radius 3 is 3.08 bits per heavy atom. The SMILES string of the molecule is CCCC[C@@H](CN(O)C=O)C(=O)N1CSC[C@H]1c1nc2ccccc2[nH]1. The largest absolute Gasteiger partial charge is 0.340 e. The zero-order valence-electron chi connectivity index (χ0n) is 14.8. The lowest BCUT2D eigenvalue weighted by molar-refractivity contribution is -0.157. The number of hydrogen-bond donors (Lipinski definition) is 2. The molecule has 2 atom stereocenters. The summed E-state index contributed by atoms with van der Waals surface area (Å²) in [4.78, 5) is 33.7. The van der Waals surface area contributed by atoms with Gasteiger partial charge in [0.2, 0.25) is 12.3 Å². The van der Waals surface area contributed by atoms with Gasteiger partial charge in [-0.25, -0.2) is 10.0 Å². The van der Waals surface area contributed by atoms with E-state index in [1.165, 1.54) is 0 Å². The Labute approximate surface area is 156 Å². The molecule has 0 radical (unpaired) electrons. The zero-order chi connectivity index (χ0) is 18.5. The molecule has 0 saturated carbocycles. The minimum atomic E-state index is -0.407. The molecule has 1 aliphatic rings. The molecule has 0 aliphatic carbocycles. The van der Waals surface area contributed by atoms with Gasteiger partial charge in [-0.1, -0.05) is 31.9 Å². The van der Waals surface area contributed by atoms with E-state index in [1.807, 2.05) is 29.2 Å². The lowest BCUT2D eigenvalue weighted by Crippen LogP contribution is -2.41. The van der Waals surface area contributed by atoms with E-state index < -0.39 is 5.92 Å². The predicted molar refractivity (Wildman–Crippen MR) is 101 cm³/mol. The third-order valence-electron chi connectivity index (χ3n) is 4.67. The Morgan fingerprint density at radius 2 is 2.35 bits per heavy atom. The lowest BCUT2D eigenvalue weighted by atomic mass is 9.99. The van der Waals surface area contributed by atoms with Gasteiger partial charge >= 0.3 is 0 Å². The van der Waals surface area contributed by atoms with E-state index in [4.69, 9.17) is 0 Å². The summed E-state index contributed by atoms with van der Waals surface area (Å²) in [6.07, 6.45) is 2.83. The average molecular weight is 376 g/mol. The Hall–Kier alpha value is -2.06. The molecule has 2 aromatic rings. The Kier molecular flexibility index (Phi) is 6.16. The Morgan fingerprint density at radius 1 is 1.54 bits per heavy atom. The molecule has 2 heterocycles. The number of hydrogen-bond acceptors (Lipinski definition) is 5. The van der Waals surface area contributed by atoms with Crippen LogP contribution in [0.2, 0.25) is 0 Å². The van der Waals surface area contributed by atoms with Gasteiger partial charge in [0, 0.05) is 5.75 Å². The van der Waals surface area contributed by atoms with Gasteiger partial charge in [0.1, 0.15) is 5.82 Å². The molecule has 2 N–H and O–H groups in total. The number of unbranched alkanes of at least 4 members (excludes halogenated alkanes) is 1. The van der Waals surface area contributed by atoms with Gasteiger partial charge in [0.25, 0.3) is 0 Å². The van der Waals surface area contributed by atoms with Gasteiger partial charge in [-0.2, -0.15) is 0 Å². The van der Waals surface area contributed by atoms with Crippen LogP contribution in [-0.2, 0) is 9.59 Å². The number of hydroxylamine groups is 2. The van der Waals surface area contributed by atoms with Crippen LogP contribution in [0.3, 0.4) is 0 Å². The fraction of sp³-hybridized carbons (Fsp3) is 0.500. The minimum Gasteiger partial charge on any atom is -0.340 e. The molecule has 8 heteroatoms. The first-order chi connectivity index (χ1) is 12.6. The van der Waals surface area contributed by atoms with Gasteiger partial charge in [-0.05, 0) is 18.6 Å². The van der Waals surface area contributed by atoms with Crippen molar-refractivity contribution in [3.63, 3.8) is 0 Å². The number of para-hydroxylation sites is 2. The van der Waals surface area contributed by atoms with Crippen molar-refractivity contribution in [1.29, 1.82) is 0 Å². The van der Waals surface area contributed by atoms with Crippen molar-refractivity contribution in [1.82, 2.24) is 19.9 Å². The van der Waals surface area contributed by atoms with Crippen LogP contribution in [0.4, 0.5) is 0 Å². The number of fused-ring (bicyclic) bond motifs is 1. The van der Waals surface area contributed by atoms with Crippen LogP contribution in [0.15, 0.2) is 24.3 Å². The second-order valence-electron chi connectivity index (χ2n) is 6.53. The van der Waals surface area contributed by atoms with Crippen LogP contribution in [0, 0.1) is 5.92 Å². The standard InChI is InChI=1S/C18H24N4O3S/c1-2-3-6-13(9-21(25)11-23)18(24)22-12-26-10-16(22)17-19-14-7-4-5-8-15(14)20-17/h4-5,7-8,11,13,16,25H,2-3,6,9-10,12H2,1H3,(H,19,20)/t13-,16-/m0/s1. The molecule has 1 aromatic carbocycles. The van der Waals surface area contributed by atoms with Crippen molar-refractivity contribution in [2.45, 2.75) is 32.2 Å². The second kappa shape index (κ2) is 8.55. The monoisotopic (exact) mass is 376 g/mol. The van der Waals surface area contributed by atoms with E-state index in [0.717, 1.165) is 35.5 Å². The first-order valence-electron chi connectivity index (χ1n) is 8.87. The second-order valence-corrected chi connectivity index (χ2v) is 7.53. The summed E-state index contributed by atoms with van der Waals surface area (Å²) in [6.45, 7) is 2.08. The molecule has 1 saturated heterocycles. The van der Waals surface area contributed by atoms with E-state index in [9.17, 15) is 14.8 Å². The molecule has 0 bridgehead atoms. The number of amides is 2. The molecule has 140 valence electrons. The molecule has 1 fully saturated rings. The van der Waals surface area contributed by atoms with E-state index in [1.54, 1.807) is 11.8 Å². The van der Waals surface area contributed by atoms with Crippen LogP contribution in [0.25, 0.3) is 11.0 Å². The highest BCUT2D eigenvalue weighted by molar-refractivity contribution is 7.99. The van der Waals surface area contributed by atoms with Gasteiger partial charge < -0.3 is 9.88 Å². The number of carbonyl (C=O) groups is 2. The van der Waals surface area contributed by atoms with Crippen molar-refractivity contribution >= 4 is 35.1 Å². The number of benzene rings is 1. The van der Waals surface area contributed by atoms with Crippen LogP contribution in [-0.4, -0.2) is 55.6 Å². The molecule has 1 aromatic heterocycles. The topological polar surface area (TPSA) is 89.5 Å². The summed E-state index contributed by atoms with van der Waals surface area (Å²) in [5.74, 6) is 1.72. The van der Waals surface area contributed by atoms with E-state index in [-0.39, 0.29) is 18.5 Å². The smallest absolute Gasteiger partial charge is 0.233 e. The first kappa shape index (κ1) is 18.7. The highest BCUT2D eigenvalue weighted by atomic mass is 32.2. The number of H-pyrrole nitrogens is 1. The molecular formula is C18H24N4O3S. The van der Waals surface area contributed by atoms with Crippen LogP contribution in [0.5, 0.6) is 0 Å². The first-order valence-corrected chi connectivity index (χ1v) is 10.0. The van der Waals surface area contributed by atoms with Crippen molar-refractivity contribution in [3.8, 4) is 0 Å². The van der Waals surface area contributed by atoms with Crippen molar-refractivity contribution < 1.29 is 14.8 Å². The minimum absolute atomic E-state index is 0.0242. The predicted octanol–water partition coefficient (Wildman–Crippen LogP) is 2.79. The third kappa shape index (κ3) is 4.02. The molecule has 26 heavy (non-hydrogen) atoms. The number of aromatic amines is 1. The summed E-state index contributed by atoms with van der Waals surface area (Å²) in [6, 6.07) is 7.69. The number of nitrogens with one attached hydrogen (secondary N) is 1. The van der Waals surface area contributed by atoms with Gasteiger partial charge in [-0.15, -0.1) is 11.8 Å². The van der Waals surface area contributed by atoms with Crippen molar-refractivity contribution in [2.75, 3.05) is 18.2 Å². The summed E-state index contributed by atoms with van der Waals surface area (Å²) in [5, 5.41) is 10.1. The fourth-order valence-corrected chi connectivity index (χ4v) is 4.43. The normalized spacial score (nSPS) is 18.2. The summed E-state index contributed by atoms with van der Waals surface area (Å²) < 4.78 is 0. The maximum atomic E-state index is 13.1. The molecule has 7 nitrogen and oxygen atoms in total. The highest BCUT2D eigenvalue weighted by Crippen LogP contribution is 2.34. The van der Waals surface area contributed by atoms with Crippen molar-refractivity contribution in [2.24, 2.45) is 5.92 Å². The van der Waals surface area contributed by atoms with Gasteiger partial charge in [0.15, 0.2) is 0 Å². The number of thioether (sulfide) groups is 1. The Balaban J connectivity index is 1.80. The van der Waals surface area contributed by atoms with E-state index >= 15 is 0 Å². The molecule has 3 rings (SSSR count). The number of rotatable bonds is 8. The molecule has 2 amide bonds. The maximum Gasteiger partial charge on any atom is 0.233 e. The molecular weight excluding hydrogens is 352 g/mol. The third-order valence-corrected chi connectivity index (χ3v) is 5.69. The molecule has 0 spiro atoms. The highest BCUT2D eigenvalue weighted by Gasteiger charge is 2.36. The van der Waals surface area contributed by atoms with E-state index in [0.29, 0.717) is 23.8 Å². The summed E-state index contributed by atoms with van der Waals surface area (Å²) in [5.41, 5.74) is 1.84. The lowest BCUT2D eigenvalue weighted by Gasteiger charge is -2.28.